The van der Waals surface area contributed by atoms with E-state index in [1.807, 2.05) is 53.5 Å². The first-order valence-electron chi connectivity index (χ1n) is 8.32. The van der Waals surface area contributed by atoms with E-state index in [1.54, 1.807) is 0 Å². The highest BCUT2D eigenvalue weighted by Gasteiger charge is 2.26. The molecule has 1 aromatic heterocycles. The molecule has 1 aromatic carbocycles. The molecule has 1 N–H and O–H groups in total. The number of rotatable bonds is 8. The van der Waals surface area contributed by atoms with E-state index in [-0.39, 0.29) is 0 Å². The summed E-state index contributed by atoms with van der Waals surface area (Å²) in [6.07, 6.45) is 5.71. The molecule has 0 aliphatic carbocycles. The molecule has 124 valence electrons. The highest BCUT2D eigenvalue weighted by atomic mass is 16.5. The molecule has 0 bridgehead atoms. The number of likely N-dealkylation sites (tertiary alicyclic amines) is 1. The van der Waals surface area contributed by atoms with Crippen molar-refractivity contribution in [3.63, 3.8) is 0 Å². The van der Waals surface area contributed by atoms with Crippen LogP contribution in [0.1, 0.15) is 18.4 Å². The first-order valence-corrected chi connectivity index (χ1v) is 8.32. The van der Waals surface area contributed by atoms with E-state index in [2.05, 4.69) is 10.00 Å². The fraction of sp³-hybridized carbons (Fsp3) is 0.500. The van der Waals surface area contributed by atoms with Crippen molar-refractivity contribution >= 4 is 0 Å². The molecule has 2 heterocycles. The average molecular weight is 315 g/mol. The van der Waals surface area contributed by atoms with E-state index in [0.29, 0.717) is 25.8 Å². The molecule has 2 atom stereocenters. The summed E-state index contributed by atoms with van der Waals surface area (Å²) in [5.74, 6) is 0. The maximum atomic E-state index is 10.2. The van der Waals surface area contributed by atoms with E-state index in [0.717, 1.165) is 25.1 Å². The van der Waals surface area contributed by atoms with Gasteiger partial charge in [-0.2, -0.15) is 5.10 Å². The van der Waals surface area contributed by atoms with Crippen LogP contribution in [-0.2, 0) is 17.9 Å². The molecule has 1 fully saturated rings. The van der Waals surface area contributed by atoms with Gasteiger partial charge in [0.2, 0.25) is 0 Å². The fourth-order valence-electron chi connectivity index (χ4n) is 3.18. The second-order valence-corrected chi connectivity index (χ2v) is 6.17. The van der Waals surface area contributed by atoms with Crippen molar-refractivity contribution in [2.24, 2.45) is 0 Å². The number of aromatic nitrogens is 2. The summed E-state index contributed by atoms with van der Waals surface area (Å²) >= 11 is 0. The lowest BCUT2D eigenvalue weighted by Crippen LogP contribution is -2.40. The molecule has 1 saturated heterocycles. The lowest BCUT2D eigenvalue weighted by Gasteiger charge is -2.26. The van der Waals surface area contributed by atoms with Crippen molar-refractivity contribution in [1.29, 1.82) is 0 Å². The summed E-state index contributed by atoms with van der Waals surface area (Å²) in [5.41, 5.74) is 1.14. The number of nitrogens with zero attached hydrogens (tertiary/aromatic N) is 3. The SMILES string of the molecule is O[C@@H](COCc1ccccc1)CN1CCC[C@@H]1Cn1cccn1. The molecule has 0 amide bonds. The van der Waals surface area contributed by atoms with Gasteiger partial charge in [-0.05, 0) is 31.0 Å². The minimum atomic E-state index is -0.447. The molecule has 3 rings (SSSR count). The minimum Gasteiger partial charge on any atom is -0.389 e. The number of aliphatic hydroxyl groups is 1. The zero-order valence-electron chi connectivity index (χ0n) is 13.4. The highest BCUT2D eigenvalue weighted by molar-refractivity contribution is 5.13. The van der Waals surface area contributed by atoms with Gasteiger partial charge in [-0.3, -0.25) is 9.58 Å². The third-order valence-electron chi connectivity index (χ3n) is 4.32. The van der Waals surface area contributed by atoms with Crippen molar-refractivity contribution in [2.75, 3.05) is 19.7 Å². The predicted octanol–water partition coefficient (Wildman–Crippen LogP) is 1.93. The molecule has 1 aliphatic rings. The van der Waals surface area contributed by atoms with Crippen LogP contribution < -0.4 is 0 Å². The monoisotopic (exact) mass is 315 g/mol. The van der Waals surface area contributed by atoms with E-state index < -0.39 is 6.10 Å². The van der Waals surface area contributed by atoms with E-state index in [1.165, 1.54) is 6.42 Å². The first kappa shape index (κ1) is 16.2. The van der Waals surface area contributed by atoms with Crippen LogP contribution in [0.2, 0.25) is 0 Å². The van der Waals surface area contributed by atoms with Crippen LogP contribution in [0.15, 0.2) is 48.8 Å². The maximum Gasteiger partial charge on any atom is 0.0900 e. The molecule has 0 spiro atoms. The number of hydrogen-bond donors (Lipinski definition) is 1. The second kappa shape index (κ2) is 8.24. The minimum absolute atomic E-state index is 0.375. The Bertz CT molecular complexity index is 559. The molecule has 23 heavy (non-hydrogen) atoms. The Morgan fingerprint density at radius 2 is 2.13 bits per heavy atom. The lowest BCUT2D eigenvalue weighted by atomic mass is 10.2. The molecule has 5 heteroatoms. The predicted molar refractivity (Wildman–Crippen MR) is 88.9 cm³/mol. The van der Waals surface area contributed by atoms with Gasteiger partial charge in [0.15, 0.2) is 0 Å². The summed E-state index contributed by atoms with van der Waals surface area (Å²) in [7, 11) is 0. The number of β-amino-alcohol motifs (C(OH)–C–C–N with tert-alkyl or cyclic N) is 1. The number of ether oxygens (including phenoxy) is 1. The topological polar surface area (TPSA) is 50.5 Å². The van der Waals surface area contributed by atoms with Gasteiger partial charge < -0.3 is 9.84 Å². The molecular formula is C18H25N3O2. The quantitative estimate of drug-likeness (QED) is 0.809. The van der Waals surface area contributed by atoms with Gasteiger partial charge in [-0.15, -0.1) is 0 Å². The summed E-state index contributed by atoms with van der Waals surface area (Å²) < 4.78 is 7.61. The van der Waals surface area contributed by atoms with E-state index in [4.69, 9.17) is 4.74 Å². The van der Waals surface area contributed by atoms with Crippen LogP contribution in [-0.4, -0.2) is 51.6 Å². The van der Waals surface area contributed by atoms with Gasteiger partial charge in [-0.25, -0.2) is 0 Å². The highest BCUT2D eigenvalue weighted by Crippen LogP contribution is 2.19. The smallest absolute Gasteiger partial charge is 0.0900 e. The first-order chi connectivity index (χ1) is 11.3. The molecule has 0 saturated carbocycles. The van der Waals surface area contributed by atoms with E-state index >= 15 is 0 Å². The Morgan fingerprint density at radius 3 is 2.91 bits per heavy atom. The maximum absolute atomic E-state index is 10.2. The van der Waals surface area contributed by atoms with Crippen LogP contribution in [0, 0.1) is 0 Å². The van der Waals surface area contributed by atoms with Gasteiger partial charge in [0.1, 0.15) is 0 Å². The zero-order chi connectivity index (χ0) is 15.9. The van der Waals surface area contributed by atoms with Gasteiger partial charge in [-0.1, -0.05) is 30.3 Å². The Morgan fingerprint density at radius 1 is 1.26 bits per heavy atom. The third-order valence-corrected chi connectivity index (χ3v) is 4.32. The van der Waals surface area contributed by atoms with Crippen LogP contribution in [0.25, 0.3) is 0 Å². The largest absolute Gasteiger partial charge is 0.389 e. The molecule has 0 radical (unpaired) electrons. The number of benzene rings is 1. The summed E-state index contributed by atoms with van der Waals surface area (Å²) in [4.78, 5) is 2.36. The molecule has 1 aliphatic heterocycles. The Labute approximate surface area is 137 Å². The lowest BCUT2D eigenvalue weighted by molar-refractivity contribution is 0.00666. The van der Waals surface area contributed by atoms with Gasteiger partial charge >= 0.3 is 0 Å². The van der Waals surface area contributed by atoms with Gasteiger partial charge in [0.25, 0.3) is 0 Å². The average Bonchev–Trinajstić information content (AvgIpc) is 3.22. The van der Waals surface area contributed by atoms with Crippen LogP contribution in [0.4, 0.5) is 0 Å². The molecule has 2 aromatic rings. The summed E-state index contributed by atoms with van der Waals surface area (Å²) in [6, 6.07) is 12.5. The van der Waals surface area contributed by atoms with Crippen molar-refractivity contribution in [1.82, 2.24) is 14.7 Å². The molecule has 5 nitrogen and oxygen atoms in total. The van der Waals surface area contributed by atoms with Crippen molar-refractivity contribution in [3.05, 3.63) is 54.4 Å². The van der Waals surface area contributed by atoms with E-state index in [9.17, 15) is 5.11 Å². The van der Waals surface area contributed by atoms with Gasteiger partial charge in [0.05, 0.1) is 25.9 Å². The normalized spacial score (nSPS) is 20.0. The summed E-state index contributed by atoms with van der Waals surface area (Å²) in [5, 5.41) is 14.5. The number of hydrogen-bond acceptors (Lipinski definition) is 4. The molecule has 0 unspecified atom stereocenters. The Kier molecular flexibility index (Phi) is 5.80. The van der Waals surface area contributed by atoms with Crippen LogP contribution in [0.5, 0.6) is 0 Å². The van der Waals surface area contributed by atoms with Crippen LogP contribution in [0.3, 0.4) is 0 Å². The van der Waals surface area contributed by atoms with Crippen molar-refractivity contribution < 1.29 is 9.84 Å². The fourth-order valence-corrected chi connectivity index (χ4v) is 3.18. The molecular weight excluding hydrogens is 290 g/mol. The van der Waals surface area contributed by atoms with Crippen molar-refractivity contribution in [2.45, 2.75) is 38.1 Å². The van der Waals surface area contributed by atoms with Crippen molar-refractivity contribution in [3.8, 4) is 0 Å². The zero-order valence-corrected chi connectivity index (χ0v) is 13.4. The third kappa shape index (κ3) is 4.89. The Balaban J connectivity index is 1.40. The summed E-state index contributed by atoms with van der Waals surface area (Å²) in [6.45, 7) is 3.53. The number of aliphatic hydroxyl groups excluding tert-OH is 1. The Hall–Kier alpha value is -1.69. The van der Waals surface area contributed by atoms with Crippen LogP contribution >= 0.6 is 0 Å². The second-order valence-electron chi connectivity index (χ2n) is 6.17. The standard InChI is InChI=1S/C18H25N3O2/c22-18(15-23-14-16-6-2-1-3-7-16)13-20-10-4-8-17(20)12-21-11-5-9-19-21/h1-3,5-7,9,11,17-18,22H,4,8,10,12-15H2/t17-,18-/m1/s1. The van der Waals surface area contributed by atoms with Gasteiger partial charge in [0, 0.05) is 25.0 Å².